The molecule has 0 saturated heterocycles. The Bertz CT molecular complexity index is 285. The van der Waals surface area contributed by atoms with E-state index in [1.54, 1.807) is 0 Å². The van der Waals surface area contributed by atoms with Crippen LogP contribution in [0.3, 0.4) is 0 Å². The molecule has 0 aromatic rings. The molecule has 16 heavy (non-hydrogen) atoms. The van der Waals surface area contributed by atoms with Gasteiger partial charge in [-0.05, 0) is 26.5 Å². The SMILES string of the molecule is C=NC(=O)N(C)COC(=O)C(C)(C)C(C)C. The predicted octanol–water partition coefficient (Wildman–Crippen LogP) is 1.92. The molecule has 0 atom stereocenters. The molecule has 2 amide bonds. The Hall–Kier alpha value is -1.39. The van der Waals surface area contributed by atoms with Crippen molar-refractivity contribution in [2.45, 2.75) is 27.7 Å². The highest BCUT2D eigenvalue weighted by atomic mass is 16.5. The standard InChI is InChI=1S/C11H20N2O3/c1-8(2)11(3,4)9(14)16-7-13(6)10(15)12-5/h8H,5,7H2,1-4,6H3. The molecule has 0 fully saturated rings. The number of hydrogen-bond donors (Lipinski definition) is 0. The quantitative estimate of drug-likeness (QED) is 0.419. The number of hydrogen-bond acceptors (Lipinski definition) is 3. The first kappa shape index (κ1) is 14.6. The minimum Gasteiger partial charge on any atom is -0.444 e. The van der Waals surface area contributed by atoms with Crippen molar-refractivity contribution in [3.63, 3.8) is 0 Å². The fraction of sp³-hybridized carbons (Fsp3) is 0.727. The highest BCUT2D eigenvalue weighted by Crippen LogP contribution is 2.27. The van der Waals surface area contributed by atoms with Crippen molar-refractivity contribution >= 4 is 18.7 Å². The van der Waals surface area contributed by atoms with E-state index in [-0.39, 0.29) is 18.6 Å². The van der Waals surface area contributed by atoms with Gasteiger partial charge in [0.15, 0.2) is 6.73 Å². The van der Waals surface area contributed by atoms with Crippen LogP contribution in [0.1, 0.15) is 27.7 Å². The van der Waals surface area contributed by atoms with Crippen LogP contribution in [0.5, 0.6) is 0 Å². The van der Waals surface area contributed by atoms with E-state index < -0.39 is 11.4 Å². The number of ether oxygens (including phenoxy) is 1. The maximum absolute atomic E-state index is 11.7. The lowest BCUT2D eigenvalue weighted by Crippen LogP contribution is -2.36. The molecule has 0 rings (SSSR count). The molecule has 92 valence electrons. The average Bonchev–Trinajstić information content (AvgIpc) is 2.23. The van der Waals surface area contributed by atoms with Gasteiger partial charge >= 0.3 is 12.0 Å². The summed E-state index contributed by atoms with van der Waals surface area (Å²) in [5, 5.41) is 0. The monoisotopic (exact) mass is 228 g/mol. The Balaban J connectivity index is 4.28. The Morgan fingerprint density at radius 2 is 1.94 bits per heavy atom. The van der Waals surface area contributed by atoms with E-state index in [1.807, 2.05) is 27.7 Å². The molecule has 0 unspecified atom stereocenters. The van der Waals surface area contributed by atoms with Crippen LogP contribution in [0.25, 0.3) is 0 Å². The molecule has 5 heteroatoms. The van der Waals surface area contributed by atoms with Crippen molar-refractivity contribution in [3.05, 3.63) is 0 Å². The van der Waals surface area contributed by atoms with Gasteiger partial charge in [0, 0.05) is 7.05 Å². The van der Waals surface area contributed by atoms with Gasteiger partial charge in [-0.25, -0.2) is 9.79 Å². The number of amides is 2. The summed E-state index contributed by atoms with van der Waals surface area (Å²) < 4.78 is 5.03. The zero-order valence-electron chi connectivity index (χ0n) is 10.6. The maximum Gasteiger partial charge on any atom is 0.345 e. The Labute approximate surface area is 96.5 Å². The van der Waals surface area contributed by atoms with Crippen LogP contribution in [-0.2, 0) is 9.53 Å². The Kier molecular flexibility index (Phi) is 5.14. The fourth-order valence-electron chi connectivity index (χ4n) is 0.753. The minimum absolute atomic E-state index is 0.104. The van der Waals surface area contributed by atoms with Crippen molar-refractivity contribution in [1.29, 1.82) is 0 Å². The van der Waals surface area contributed by atoms with Gasteiger partial charge in [-0.3, -0.25) is 9.69 Å². The first-order valence-corrected chi connectivity index (χ1v) is 5.12. The van der Waals surface area contributed by atoms with E-state index in [0.717, 1.165) is 0 Å². The van der Waals surface area contributed by atoms with Crippen molar-refractivity contribution in [3.8, 4) is 0 Å². The van der Waals surface area contributed by atoms with Crippen LogP contribution < -0.4 is 0 Å². The van der Waals surface area contributed by atoms with Crippen molar-refractivity contribution in [1.82, 2.24) is 4.90 Å². The zero-order valence-corrected chi connectivity index (χ0v) is 10.6. The van der Waals surface area contributed by atoms with Crippen molar-refractivity contribution < 1.29 is 14.3 Å². The minimum atomic E-state index is -0.564. The van der Waals surface area contributed by atoms with E-state index in [1.165, 1.54) is 11.9 Å². The molecule has 0 spiro atoms. The third-order valence-electron chi connectivity index (χ3n) is 2.82. The lowest BCUT2D eigenvalue weighted by atomic mass is 9.81. The molecule has 0 aliphatic carbocycles. The Morgan fingerprint density at radius 3 is 2.31 bits per heavy atom. The van der Waals surface area contributed by atoms with Crippen LogP contribution in [0.15, 0.2) is 4.99 Å². The average molecular weight is 228 g/mol. The molecule has 0 bridgehead atoms. The van der Waals surface area contributed by atoms with E-state index in [9.17, 15) is 9.59 Å². The molecule has 0 aliphatic heterocycles. The first-order valence-electron chi connectivity index (χ1n) is 5.12. The van der Waals surface area contributed by atoms with Gasteiger partial charge in [0.25, 0.3) is 0 Å². The van der Waals surface area contributed by atoms with Gasteiger partial charge in [-0.2, -0.15) is 0 Å². The molecule has 0 heterocycles. The van der Waals surface area contributed by atoms with E-state index in [0.29, 0.717) is 0 Å². The number of carbonyl (C=O) groups is 2. The number of rotatable bonds is 4. The molecule has 0 N–H and O–H groups in total. The maximum atomic E-state index is 11.7. The lowest BCUT2D eigenvalue weighted by Gasteiger charge is -2.27. The largest absolute Gasteiger partial charge is 0.444 e. The molecular weight excluding hydrogens is 208 g/mol. The topological polar surface area (TPSA) is 59.0 Å². The van der Waals surface area contributed by atoms with Gasteiger partial charge in [-0.15, -0.1) is 0 Å². The number of carbonyl (C=O) groups excluding carboxylic acids is 2. The molecule has 0 aromatic carbocycles. The first-order chi connectivity index (χ1) is 7.23. The summed E-state index contributed by atoms with van der Waals surface area (Å²) in [5.74, 6) is -0.162. The second-order valence-corrected chi connectivity index (χ2v) is 4.58. The van der Waals surface area contributed by atoms with Crippen molar-refractivity contribution in [2.75, 3.05) is 13.8 Å². The molecule has 0 aliphatic rings. The van der Waals surface area contributed by atoms with Gasteiger partial charge in [0.2, 0.25) is 0 Å². The fourth-order valence-corrected chi connectivity index (χ4v) is 0.753. The second-order valence-electron chi connectivity index (χ2n) is 4.58. The van der Waals surface area contributed by atoms with Crippen LogP contribution in [0, 0.1) is 11.3 Å². The summed E-state index contributed by atoms with van der Waals surface area (Å²) in [6, 6.07) is -0.518. The van der Waals surface area contributed by atoms with Gasteiger partial charge in [0.1, 0.15) is 0 Å². The van der Waals surface area contributed by atoms with Crippen LogP contribution in [-0.4, -0.2) is 37.4 Å². The molecule has 0 saturated carbocycles. The van der Waals surface area contributed by atoms with Crippen molar-refractivity contribution in [2.24, 2.45) is 16.3 Å². The van der Waals surface area contributed by atoms with Crippen LogP contribution in [0.2, 0.25) is 0 Å². The van der Waals surface area contributed by atoms with Gasteiger partial charge in [0.05, 0.1) is 5.41 Å². The normalized spacial score (nSPS) is 11.1. The smallest absolute Gasteiger partial charge is 0.345 e. The molecule has 0 radical (unpaired) electrons. The van der Waals surface area contributed by atoms with Crippen LogP contribution >= 0.6 is 0 Å². The second kappa shape index (κ2) is 5.63. The summed E-state index contributed by atoms with van der Waals surface area (Å²) in [6.07, 6.45) is 0. The van der Waals surface area contributed by atoms with E-state index in [4.69, 9.17) is 4.74 Å². The summed E-state index contributed by atoms with van der Waals surface area (Å²) in [5.41, 5.74) is -0.564. The zero-order chi connectivity index (χ0) is 12.9. The number of nitrogens with zero attached hydrogens (tertiary/aromatic N) is 2. The van der Waals surface area contributed by atoms with Gasteiger partial charge in [-0.1, -0.05) is 13.8 Å². The third kappa shape index (κ3) is 3.64. The summed E-state index contributed by atoms with van der Waals surface area (Å²) >= 11 is 0. The van der Waals surface area contributed by atoms with E-state index >= 15 is 0 Å². The molecule has 5 nitrogen and oxygen atoms in total. The molecule has 0 aromatic heterocycles. The third-order valence-corrected chi connectivity index (χ3v) is 2.82. The summed E-state index contributed by atoms with van der Waals surface area (Å²) in [6.45, 7) is 10.5. The highest BCUT2D eigenvalue weighted by molar-refractivity contribution is 5.79. The molecular formula is C11H20N2O3. The van der Waals surface area contributed by atoms with Crippen LogP contribution in [0.4, 0.5) is 4.79 Å². The highest BCUT2D eigenvalue weighted by Gasteiger charge is 2.33. The van der Waals surface area contributed by atoms with Gasteiger partial charge < -0.3 is 4.74 Å². The number of aliphatic imine (C=N–C) groups is 1. The lowest BCUT2D eigenvalue weighted by molar-refractivity contribution is -0.159. The summed E-state index contributed by atoms with van der Waals surface area (Å²) in [7, 11) is 1.49. The predicted molar refractivity (Wildman–Crippen MR) is 62.3 cm³/mol. The Morgan fingerprint density at radius 1 is 1.44 bits per heavy atom. The number of urea groups is 1. The number of esters is 1. The summed E-state index contributed by atoms with van der Waals surface area (Å²) in [4.78, 5) is 27.1. The van der Waals surface area contributed by atoms with E-state index in [2.05, 4.69) is 11.7 Å².